The molecule has 1 N–H and O–H groups in total. The molecule has 0 radical (unpaired) electrons. The number of para-hydroxylation sites is 2. The Hall–Kier alpha value is -2.11. The number of imidazole rings is 2. The molecule has 4 aromatic rings. The molecule has 1 fully saturated rings. The Morgan fingerprint density at radius 3 is 2.56 bits per heavy atom. The van der Waals surface area contributed by atoms with Gasteiger partial charge in [-0.15, -0.1) is 0 Å². The first-order valence-corrected chi connectivity index (χ1v) is 10.6. The molecule has 0 unspecified atom stereocenters. The van der Waals surface area contributed by atoms with Crippen LogP contribution in [0.25, 0.3) is 28.1 Å². The zero-order valence-electron chi connectivity index (χ0n) is 15.4. The van der Waals surface area contributed by atoms with Gasteiger partial charge in [0.05, 0.1) is 6.54 Å². The molecule has 1 aliphatic heterocycles. The Bertz CT molecular complexity index is 1070. The highest BCUT2D eigenvalue weighted by Gasteiger charge is 2.22. The van der Waals surface area contributed by atoms with Crippen molar-refractivity contribution in [3.05, 3.63) is 59.2 Å². The Morgan fingerprint density at radius 1 is 0.963 bits per heavy atom. The molecule has 5 heteroatoms. The second-order valence-corrected chi connectivity index (χ2v) is 8.33. The zero-order valence-corrected chi connectivity index (χ0v) is 17.0. The Balaban J connectivity index is 1.55. The molecule has 4 nitrogen and oxygen atoms in total. The fourth-order valence-corrected chi connectivity index (χ4v) is 4.49. The standard InChI is InChI=1S/C22H23BrN4/c23-18-10-8-17(9-11-18)19-16-27-21-7-3-2-6-20(21)26(22(27)24-19)15-14-25-12-4-1-5-13-25/h2-3,6-11,16H,1,4-5,12-15H2/p+1. The van der Waals surface area contributed by atoms with Crippen molar-refractivity contribution in [3.63, 3.8) is 0 Å². The van der Waals surface area contributed by atoms with Crippen LogP contribution in [0.3, 0.4) is 0 Å². The number of halogens is 1. The summed E-state index contributed by atoms with van der Waals surface area (Å²) in [4.78, 5) is 6.27. The maximum absolute atomic E-state index is 3.67. The Morgan fingerprint density at radius 2 is 1.74 bits per heavy atom. The summed E-state index contributed by atoms with van der Waals surface area (Å²) in [7, 11) is 0. The molecular formula is C22H24BrN4+. The van der Waals surface area contributed by atoms with Gasteiger partial charge in [-0.1, -0.05) is 46.6 Å². The van der Waals surface area contributed by atoms with Crippen LogP contribution in [-0.2, 0) is 6.54 Å². The van der Waals surface area contributed by atoms with Gasteiger partial charge in [-0.05, 0) is 50.2 Å². The van der Waals surface area contributed by atoms with E-state index in [1.807, 2.05) is 0 Å². The van der Waals surface area contributed by atoms with Gasteiger partial charge in [0.25, 0.3) is 0 Å². The SMILES string of the molecule is Brc1ccc(-c2cn3c4ccccc4[n+](CCN4CCCCC4)c3[nH]2)cc1. The van der Waals surface area contributed by atoms with Crippen LogP contribution in [0.1, 0.15) is 19.3 Å². The topological polar surface area (TPSA) is 27.3 Å². The minimum Gasteiger partial charge on any atom is -0.300 e. The largest absolute Gasteiger partial charge is 0.368 e. The van der Waals surface area contributed by atoms with Crippen molar-refractivity contribution in [1.82, 2.24) is 14.3 Å². The predicted molar refractivity (Wildman–Crippen MR) is 113 cm³/mol. The lowest BCUT2D eigenvalue weighted by molar-refractivity contribution is -0.647. The molecule has 138 valence electrons. The fraction of sp³-hybridized carbons (Fsp3) is 0.318. The van der Waals surface area contributed by atoms with Gasteiger partial charge in [-0.3, -0.25) is 0 Å². The van der Waals surface area contributed by atoms with Crippen LogP contribution in [0.5, 0.6) is 0 Å². The quantitative estimate of drug-likeness (QED) is 0.476. The minimum atomic E-state index is 1.01. The lowest BCUT2D eigenvalue weighted by atomic mass is 10.1. The molecule has 0 bridgehead atoms. The first kappa shape index (κ1) is 17.0. The summed E-state index contributed by atoms with van der Waals surface area (Å²) >= 11 is 3.52. The molecular weight excluding hydrogens is 400 g/mol. The molecule has 2 aromatic heterocycles. The number of aromatic nitrogens is 3. The number of rotatable bonds is 4. The Labute approximate surface area is 167 Å². The molecule has 1 saturated heterocycles. The van der Waals surface area contributed by atoms with Gasteiger partial charge in [-0.2, -0.15) is 4.40 Å². The number of piperidine rings is 1. The smallest absolute Gasteiger partial charge is 0.300 e. The van der Waals surface area contributed by atoms with Crippen molar-refractivity contribution in [2.24, 2.45) is 0 Å². The molecule has 3 heterocycles. The van der Waals surface area contributed by atoms with E-state index < -0.39 is 0 Å². The monoisotopic (exact) mass is 423 g/mol. The molecule has 0 spiro atoms. The van der Waals surface area contributed by atoms with Gasteiger partial charge in [0.2, 0.25) is 0 Å². The molecule has 0 aliphatic carbocycles. The van der Waals surface area contributed by atoms with Crippen molar-refractivity contribution in [2.45, 2.75) is 25.8 Å². The van der Waals surface area contributed by atoms with Crippen LogP contribution in [0, 0.1) is 0 Å². The molecule has 1 aliphatic rings. The second-order valence-electron chi connectivity index (χ2n) is 7.41. The van der Waals surface area contributed by atoms with Crippen molar-refractivity contribution in [2.75, 3.05) is 19.6 Å². The molecule has 0 saturated carbocycles. The van der Waals surface area contributed by atoms with Gasteiger partial charge in [0.15, 0.2) is 0 Å². The summed E-state index contributed by atoms with van der Waals surface area (Å²) in [6.07, 6.45) is 6.29. The van der Waals surface area contributed by atoms with E-state index in [1.165, 1.54) is 48.9 Å². The minimum absolute atomic E-state index is 1.01. The average Bonchev–Trinajstić information content (AvgIpc) is 3.26. The highest BCUT2D eigenvalue weighted by Crippen LogP contribution is 2.23. The van der Waals surface area contributed by atoms with Gasteiger partial charge in [0, 0.05) is 16.6 Å². The highest BCUT2D eigenvalue weighted by molar-refractivity contribution is 9.10. The van der Waals surface area contributed by atoms with E-state index in [2.05, 4.69) is 89.5 Å². The van der Waals surface area contributed by atoms with E-state index >= 15 is 0 Å². The molecule has 0 atom stereocenters. The summed E-state index contributed by atoms with van der Waals surface area (Å²) in [5.74, 6) is 1.16. The molecule has 27 heavy (non-hydrogen) atoms. The average molecular weight is 424 g/mol. The molecule has 5 rings (SSSR count). The lowest BCUT2D eigenvalue weighted by Gasteiger charge is -2.25. The van der Waals surface area contributed by atoms with Crippen LogP contribution in [0.2, 0.25) is 0 Å². The third-order valence-corrected chi connectivity index (χ3v) is 6.19. The number of H-pyrrole nitrogens is 1. The molecule has 2 aromatic carbocycles. The number of aromatic amines is 1. The highest BCUT2D eigenvalue weighted by atomic mass is 79.9. The first-order chi connectivity index (χ1) is 13.3. The predicted octanol–water partition coefficient (Wildman–Crippen LogP) is 4.62. The second kappa shape index (κ2) is 7.13. The third-order valence-electron chi connectivity index (χ3n) is 5.66. The summed E-state index contributed by atoms with van der Waals surface area (Å²) in [5.41, 5.74) is 4.90. The van der Waals surface area contributed by atoms with Crippen LogP contribution in [0.4, 0.5) is 0 Å². The summed E-state index contributed by atoms with van der Waals surface area (Å²) in [5, 5.41) is 0. The summed E-state index contributed by atoms with van der Waals surface area (Å²) in [6.45, 7) is 4.60. The number of nitrogens with one attached hydrogen (secondary N) is 1. The van der Waals surface area contributed by atoms with E-state index in [1.54, 1.807) is 0 Å². The summed E-state index contributed by atoms with van der Waals surface area (Å²) in [6, 6.07) is 17.2. The van der Waals surface area contributed by atoms with E-state index in [0.29, 0.717) is 0 Å². The van der Waals surface area contributed by atoms with Crippen LogP contribution < -0.4 is 4.57 Å². The number of nitrogens with zero attached hydrogens (tertiary/aromatic N) is 3. The van der Waals surface area contributed by atoms with Gasteiger partial charge in [0.1, 0.15) is 22.9 Å². The summed E-state index contributed by atoms with van der Waals surface area (Å²) < 4.78 is 5.83. The zero-order chi connectivity index (χ0) is 18.2. The van der Waals surface area contributed by atoms with E-state index in [4.69, 9.17) is 0 Å². The lowest BCUT2D eigenvalue weighted by Crippen LogP contribution is -2.42. The number of hydrogen-bond donors (Lipinski definition) is 1. The van der Waals surface area contributed by atoms with Crippen LogP contribution in [-0.4, -0.2) is 33.9 Å². The van der Waals surface area contributed by atoms with E-state index in [-0.39, 0.29) is 0 Å². The van der Waals surface area contributed by atoms with Gasteiger partial charge in [-0.25, -0.2) is 9.55 Å². The number of hydrogen-bond acceptors (Lipinski definition) is 1. The number of benzene rings is 2. The van der Waals surface area contributed by atoms with Crippen molar-refractivity contribution < 1.29 is 4.57 Å². The van der Waals surface area contributed by atoms with Crippen molar-refractivity contribution >= 4 is 32.7 Å². The first-order valence-electron chi connectivity index (χ1n) is 9.79. The normalized spacial score (nSPS) is 15.7. The maximum Gasteiger partial charge on any atom is 0.368 e. The van der Waals surface area contributed by atoms with E-state index in [0.717, 1.165) is 29.0 Å². The molecule has 0 amide bonds. The number of likely N-dealkylation sites (tertiary alicyclic amines) is 1. The van der Waals surface area contributed by atoms with Gasteiger partial charge < -0.3 is 4.90 Å². The fourth-order valence-electron chi connectivity index (χ4n) is 4.22. The van der Waals surface area contributed by atoms with Crippen molar-refractivity contribution in [1.29, 1.82) is 0 Å². The number of fused-ring (bicyclic) bond motifs is 3. The van der Waals surface area contributed by atoms with Crippen LogP contribution >= 0.6 is 15.9 Å². The van der Waals surface area contributed by atoms with Crippen LogP contribution in [0.15, 0.2) is 59.2 Å². The van der Waals surface area contributed by atoms with Crippen molar-refractivity contribution in [3.8, 4) is 11.3 Å². The Kier molecular flexibility index (Phi) is 4.50. The maximum atomic E-state index is 3.67. The third kappa shape index (κ3) is 3.19. The van der Waals surface area contributed by atoms with E-state index in [9.17, 15) is 0 Å². The van der Waals surface area contributed by atoms with Gasteiger partial charge >= 0.3 is 5.78 Å².